The highest BCUT2D eigenvalue weighted by atomic mass is 79.9. The Balaban J connectivity index is 2.08. The molecule has 0 aliphatic carbocycles. The smallest absolute Gasteiger partial charge is 0.259 e. The van der Waals surface area contributed by atoms with Gasteiger partial charge in [-0.25, -0.2) is 0 Å². The van der Waals surface area contributed by atoms with Crippen LogP contribution in [0.15, 0.2) is 36.4 Å². The van der Waals surface area contributed by atoms with E-state index < -0.39 is 0 Å². The molecule has 19 heavy (non-hydrogen) atoms. The largest absolute Gasteiger partial charge is 0.307 e. The lowest BCUT2D eigenvalue weighted by Gasteiger charge is -2.22. The summed E-state index contributed by atoms with van der Waals surface area (Å²) in [4.78, 5) is 14.5. The lowest BCUT2D eigenvalue weighted by Crippen LogP contribution is -2.32. The summed E-state index contributed by atoms with van der Waals surface area (Å²) in [6.45, 7) is 2.95. The second-order valence-corrected chi connectivity index (χ2v) is 5.67. The Bertz CT molecular complexity index is 628. The number of carbonyl (C=O) groups is 1. The van der Waals surface area contributed by atoms with Crippen LogP contribution in [0.2, 0.25) is 0 Å². The Morgan fingerprint density at radius 3 is 2.63 bits per heavy atom. The zero-order valence-electron chi connectivity index (χ0n) is 10.9. The van der Waals surface area contributed by atoms with Gasteiger partial charge in [0, 0.05) is 22.8 Å². The molecule has 98 valence electrons. The van der Waals surface area contributed by atoms with Crippen LogP contribution in [0.5, 0.6) is 0 Å². The van der Waals surface area contributed by atoms with Gasteiger partial charge in [-0.15, -0.1) is 0 Å². The first-order valence-electron chi connectivity index (χ1n) is 6.65. The first-order chi connectivity index (χ1) is 9.26. The topological polar surface area (TPSA) is 20.3 Å². The number of benzene rings is 2. The zero-order chi connectivity index (χ0) is 13.4. The molecule has 2 nitrogen and oxygen atoms in total. The van der Waals surface area contributed by atoms with E-state index in [-0.39, 0.29) is 5.91 Å². The Hall–Kier alpha value is -1.35. The monoisotopic (exact) mass is 317 g/mol. The number of hydrogen-bond donors (Lipinski definition) is 0. The van der Waals surface area contributed by atoms with Crippen LogP contribution in [0.1, 0.15) is 23.7 Å². The van der Waals surface area contributed by atoms with Crippen molar-refractivity contribution in [2.75, 3.05) is 16.8 Å². The van der Waals surface area contributed by atoms with Crippen molar-refractivity contribution >= 4 is 38.3 Å². The minimum Gasteiger partial charge on any atom is -0.307 e. The number of alkyl halides is 1. The summed E-state index contributed by atoms with van der Waals surface area (Å²) in [5.41, 5.74) is 1.91. The summed E-state index contributed by atoms with van der Waals surface area (Å²) in [5.74, 6) is 0.639. The standard InChI is InChI=1S/C16H16BrNO/c1-2-11(9-17)10-18-14-8-4-6-12-5-3-7-13(15(12)14)16(18)19/h3-8,11H,2,9-10H2,1H3. The molecule has 0 fully saturated rings. The van der Waals surface area contributed by atoms with Crippen molar-refractivity contribution in [1.82, 2.24) is 0 Å². The van der Waals surface area contributed by atoms with Crippen molar-refractivity contribution in [3.63, 3.8) is 0 Å². The summed E-state index contributed by atoms with van der Waals surface area (Å²) in [6, 6.07) is 12.1. The quantitative estimate of drug-likeness (QED) is 0.773. The molecule has 1 unspecified atom stereocenters. The van der Waals surface area contributed by atoms with E-state index in [0.29, 0.717) is 5.92 Å². The first-order valence-corrected chi connectivity index (χ1v) is 7.78. The number of anilines is 1. The van der Waals surface area contributed by atoms with Gasteiger partial charge in [0.25, 0.3) is 5.91 Å². The summed E-state index contributed by atoms with van der Waals surface area (Å²) >= 11 is 3.54. The SMILES string of the molecule is CCC(CBr)CN1C(=O)c2cccc3cccc1c23. The van der Waals surface area contributed by atoms with Crippen LogP contribution in [0, 0.1) is 5.92 Å². The van der Waals surface area contributed by atoms with E-state index in [4.69, 9.17) is 0 Å². The Kier molecular flexibility index (Phi) is 3.31. The van der Waals surface area contributed by atoms with E-state index in [9.17, 15) is 4.79 Å². The van der Waals surface area contributed by atoms with E-state index in [2.05, 4.69) is 41.1 Å². The minimum atomic E-state index is 0.145. The third-order valence-corrected chi connectivity index (χ3v) is 4.80. The molecule has 3 rings (SSSR count). The van der Waals surface area contributed by atoms with Crippen LogP contribution in [-0.2, 0) is 0 Å². The predicted octanol–water partition coefficient (Wildman–Crippen LogP) is 4.22. The van der Waals surface area contributed by atoms with Crippen LogP contribution in [0.3, 0.4) is 0 Å². The first kappa shape index (κ1) is 12.7. The Morgan fingerprint density at radius 2 is 1.95 bits per heavy atom. The summed E-state index contributed by atoms with van der Waals surface area (Å²) in [6.07, 6.45) is 1.07. The summed E-state index contributed by atoms with van der Waals surface area (Å²) in [7, 11) is 0. The molecule has 2 aromatic rings. The van der Waals surface area contributed by atoms with E-state index in [1.54, 1.807) is 0 Å². The zero-order valence-corrected chi connectivity index (χ0v) is 12.5. The average Bonchev–Trinajstić information content (AvgIpc) is 2.72. The van der Waals surface area contributed by atoms with Crippen molar-refractivity contribution in [3.8, 4) is 0 Å². The van der Waals surface area contributed by atoms with Crippen LogP contribution < -0.4 is 4.90 Å². The molecule has 1 aliphatic heterocycles. The van der Waals surface area contributed by atoms with Crippen molar-refractivity contribution in [2.24, 2.45) is 5.92 Å². The molecule has 0 saturated carbocycles. The molecule has 0 N–H and O–H groups in total. The molecule has 0 aromatic heterocycles. The lowest BCUT2D eigenvalue weighted by atomic mass is 10.1. The fourth-order valence-electron chi connectivity index (χ4n) is 2.71. The number of hydrogen-bond acceptors (Lipinski definition) is 1. The van der Waals surface area contributed by atoms with Crippen LogP contribution >= 0.6 is 15.9 Å². The number of rotatable bonds is 4. The maximum atomic E-state index is 12.6. The normalized spacial score (nSPS) is 15.3. The van der Waals surface area contributed by atoms with E-state index >= 15 is 0 Å². The molecular weight excluding hydrogens is 302 g/mol. The fourth-order valence-corrected chi connectivity index (χ4v) is 3.37. The highest BCUT2D eigenvalue weighted by Crippen LogP contribution is 2.37. The molecule has 0 spiro atoms. The van der Waals surface area contributed by atoms with Gasteiger partial charge >= 0.3 is 0 Å². The molecule has 0 radical (unpaired) electrons. The number of carbonyl (C=O) groups excluding carboxylic acids is 1. The molecule has 1 aliphatic rings. The molecule has 0 saturated heterocycles. The number of nitrogens with zero attached hydrogens (tertiary/aromatic N) is 1. The van der Waals surface area contributed by atoms with Gasteiger partial charge in [-0.1, -0.05) is 53.5 Å². The molecule has 1 heterocycles. The molecule has 1 amide bonds. The van der Waals surface area contributed by atoms with Gasteiger partial charge in [-0.3, -0.25) is 4.79 Å². The highest BCUT2D eigenvalue weighted by molar-refractivity contribution is 9.09. The third-order valence-electron chi connectivity index (χ3n) is 3.89. The molecule has 2 aromatic carbocycles. The molecular formula is C16H16BrNO. The second kappa shape index (κ2) is 4.97. The number of halogens is 1. The maximum Gasteiger partial charge on any atom is 0.259 e. The Labute approximate surface area is 121 Å². The van der Waals surface area contributed by atoms with Gasteiger partial charge in [-0.05, 0) is 23.4 Å². The third kappa shape index (κ3) is 1.96. The van der Waals surface area contributed by atoms with Crippen molar-refractivity contribution in [1.29, 1.82) is 0 Å². The van der Waals surface area contributed by atoms with Gasteiger partial charge < -0.3 is 4.90 Å². The van der Waals surface area contributed by atoms with E-state index in [0.717, 1.165) is 40.3 Å². The fraction of sp³-hybridized carbons (Fsp3) is 0.312. The van der Waals surface area contributed by atoms with Crippen molar-refractivity contribution < 1.29 is 4.79 Å². The lowest BCUT2D eigenvalue weighted by molar-refractivity contribution is 0.0990. The van der Waals surface area contributed by atoms with Gasteiger partial charge in [0.1, 0.15) is 0 Å². The number of amides is 1. The van der Waals surface area contributed by atoms with Crippen molar-refractivity contribution in [2.45, 2.75) is 13.3 Å². The van der Waals surface area contributed by atoms with E-state index in [1.807, 2.05) is 23.1 Å². The van der Waals surface area contributed by atoms with Gasteiger partial charge in [0.2, 0.25) is 0 Å². The Morgan fingerprint density at radius 1 is 1.21 bits per heavy atom. The molecule has 3 heteroatoms. The highest BCUT2D eigenvalue weighted by Gasteiger charge is 2.30. The van der Waals surface area contributed by atoms with Gasteiger partial charge in [-0.2, -0.15) is 0 Å². The minimum absolute atomic E-state index is 0.145. The second-order valence-electron chi connectivity index (χ2n) is 5.03. The van der Waals surface area contributed by atoms with Gasteiger partial charge in [0.15, 0.2) is 0 Å². The van der Waals surface area contributed by atoms with Crippen LogP contribution in [0.25, 0.3) is 10.8 Å². The molecule has 0 bridgehead atoms. The average molecular weight is 318 g/mol. The summed E-state index contributed by atoms with van der Waals surface area (Å²) in [5, 5.41) is 3.19. The van der Waals surface area contributed by atoms with Crippen LogP contribution in [-0.4, -0.2) is 17.8 Å². The van der Waals surface area contributed by atoms with Gasteiger partial charge in [0.05, 0.1) is 5.69 Å². The predicted molar refractivity (Wildman–Crippen MR) is 83.2 cm³/mol. The molecule has 1 atom stereocenters. The van der Waals surface area contributed by atoms with E-state index in [1.165, 1.54) is 0 Å². The maximum absolute atomic E-state index is 12.6. The summed E-state index contributed by atoms with van der Waals surface area (Å²) < 4.78 is 0. The van der Waals surface area contributed by atoms with Crippen LogP contribution in [0.4, 0.5) is 5.69 Å². The van der Waals surface area contributed by atoms with Crippen molar-refractivity contribution in [3.05, 3.63) is 42.0 Å².